The van der Waals surface area contributed by atoms with Crippen LogP contribution in [0.2, 0.25) is 0 Å². The molecule has 0 spiro atoms. The van der Waals surface area contributed by atoms with E-state index in [1.54, 1.807) is 58.0 Å². The van der Waals surface area contributed by atoms with E-state index in [2.05, 4.69) is 31.9 Å². The number of nitrogens with one attached hydrogen (secondary N) is 6. The van der Waals surface area contributed by atoms with Crippen LogP contribution < -0.4 is 31.9 Å². The molecule has 57 heavy (non-hydrogen) atoms. The molecule has 4 atom stereocenters. The Kier molecular flexibility index (Phi) is 21.7. The molecule has 17 nitrogen and oxygen atoms in total. The van der Waals surface area contributed by atoms with Gasteiger partial charge in [-0.25, -0.2) is 4.39 Å². The Bertz CT molecular complexity index is 1580. The van der Waals surface area contributed by atoms with E-state index in [0.29, 0.717) is 44.2 Å². The molecule has 1 aromatic rings. The number of nitrogens with zero attached hydrogens (tertiary/aromatic N) is 1. The number of benzene rings is 1. The zero-order chi connectivity index (χ0) is 42.3. The second-order valence-electron chi connectivity index (χ2n) is 14.0. The average Bonchev–Trinajstić information content (AvgIpc) is 3.43. The maximum absolute atomic E-state index is 13.7. The highest BCUT2D eigenvalue weighted by atomic mass is 19.1. The minimum absolute atomic E-state index is 0.0867. The molecule has 0 aliphatic carbocycles. The first kappa shape index (κ1) is 47.9. The van der Waals surface area contributed by atoms with Gasteiger partial charge in [0.25, 0.3) is 0 Å². The zero-order valence-electron chi connectivity index (χ0n) is 33.5. The van der Waals surface area contributed by atoms with Crippen LogP contribution >= 0.6 is 0 Å². The fraction of sp³-hybridized carbons (Fsp3) is 0.590. The van der Waals surface area contributed by atoms with Crippen LogP contribution in [0.3, 0.4) is 0 Å². The molecule has 1 aliphatic heterocycles. The number of alkyl halides is 1. The number of ether oxygens (including phenoxy) is 2. The number of allylic oxidation sites excluding steroid dienone is 1. The lowest BCUT2D eigenvalue weighted by molar-refractivity contribution is -0.139. The summed E-state index contributed by atoms with van der Waals surface area (Å²) in [4.78, 5) is 99.9. The van der Waals surface area contributed by atoms with Gasteiger partial charge in [0.2, 0.25) is 53.6 Å². The van der Waals surface area contributed by atoms with Crippen molar-refractivity contribution in [3.8, 4) is 0 Å². The Morgan fingerprint density at radius 2 is 1.47 bits per heavy atom. The van der Waals surface area contributed by atoms with E-state index in [9.17, 15) is 42.7 Å². The van der Waals surface area contributed by atoms with Crippen molar-refractivity contribution < 1.29 is 52.2 Å². The summed E-state index contributed by atoms with van der Waals surface area (Å²) in [6.45, 7) is 5.37. The molecule has 8 amide bonds. The summed E-state index contributed by atoms with van der Waals surface area (Å²) in [7, 11) is 1.29. The summed E-state index contributed by atoms with van der Waals surface area (Å²) in [5, 5.41) is 15.1. The van der Waals surface area contributed by atoms with Gasteiger partial charge >= 0.3 is 0 Å². The van der Waals surface area contributed by atoms with Crippen LogP contribution in [-0.4, -0.2) is 117 Å². The van der Waals surface area contributed by atoms with E-state index < -0.39 is 55.0 Å². The van der Waals surface area contributed by atoms with Crippen molar-refractivity contribution in [1.29, 1.82) is 0 Å². The summed E-state index contributed by atoms with van der Waals surface area (Å²) >= 11 is 0. The quantitative estimate of drug-likeness (QED) is 0.0332. The Morgan fingerprint density at radius 1 is 0.825 bits per heavy atom. The molecule has 0 aromatic heterocycles. The Balaban J connectivity index is 1.68. The number of hydrogen-bond acceptors (Lipinski definition) is 10. The number of hydrogen-bond donors (Lipinski definition) is 6. The van der Waals surface area contributed by atoms with Gasteiger partial charge in [-0.15, -0.1) is 0 Å². The van der Waals surface area contributed by atoms with Crippen molar-refractivity contribution >= 4 is 47.3 Å². The van der Waals surface area contributed by atoms with Crippen molar-refractivity contribution in [3.63, 3.8) is 0 Å². The van der Waals surface area contributed by atoms with Gasteiger partial charge in [-0.05, 0) is 57.6 Å². The van der Waals surface area contributed by atoms with Gasteiger partial charge < -0.3 is 41.4 Å². The standard InChI is InChI=1S/C39H58FN7O10/c1-25(28(4)37(40)56-5)15-16-27(3)45-35(52)23-57-24-44-33(50)21-43-38(54)30(19-29-12-8-6-9-13-29)46-34(51)22-42-32(49)20-41-31(48)14-10-7-11-17-47-36(53)18-26(2)39(47)55/h6,8-9,12-13,26-27,30,37H,7,10-11,14-24H2,1-5H3,(H,41,48)(H,42,49)(H,43,54)(H,44,50)(H,45,52)(H,46,51)/b28-25+/t26?,27-,30+,37?/m1/s1. The van der Waals surface area contributed by atoms with E-state index in [0.717, 1.165) is 11.1 Å². The van der Waals surface area contributed by atoms with Crippen LogP contribution in [0.4, 0.5) is 4.39 Å². The number of halogens is 1. The van der Waals surface area contributed by atoms with Crippen molar-refractivity contribution in [3.05, 3.63) is 47.0 Å². The molecule has 1 fully saturated rings. The van der Waals surface area contributed by atoms with Crippen molar-refractivity contribution in [1.82, 2.24) is 36.8 Å². The number of unbranched alkanes of at least 4 members (excludes halogenated alkanes) is 2. The summed E-state index contributed by atoms with van der Waals surface area (Å²) in [6, 6.07) is 7.53. The monoisotopic (exact) mass is 803 g/mol. The van der Waals surface area contributed by atoms with Crippen molar-refractivity contribution in [2.24, 2.45) is 5.92 Å². The summed E-state index contributed by atoms with van der Waals surface area (Å²) in [5.74, 6) is -4.00. The Labute approximate surface area is 333 Å². The molecule has 1 aromatic carbocycles. The maximum atomic E-state index is 13.7. The number of carbonyl (C=O) groups is 8. The molecule has 316 valence electrons. The number of rotatable bonds is 26. The minimum atomic E-state index is -1.47. The summed E-state index contributed by atoms with van der Waals surface area (Å²) < 4.78 is 23.6. The predicted octanol–water partition coefficient (Wildman–Crippen LogP) is 0.672. The van der Waals surface area contributed by atoms with E-state index in [-0.39, 0.29) is 68.8 Å². The van der Waals surface area contributed by atoms with Gasteiger partial charge in [0.1, 0.15) is 19.4 Å². The third-order valence-corrected chi connectivity index (χ3v) is 9.19. The number of methoxy groups -OCH3 is 1. The highest BCUT2D eigenvalue weighted by Crippen LogP contribution is 2.20. The first-order chi connectivity index (χ1) is 27.1. The van der Waals surface area contributed by atoms with Gasteiger partial charge in [0.15, 0.2) is 0 Å². The number of carbonyl (C=O) groups excluding carboxylic acids is 8. The van der Waals surface area contributed by atoms with Gasteiger partial charge in [0, 0.05) is 44.9 Å². The van der Waals surface area contributed by atoms with Crippen molar-refractivity contribution in [2.45, 2.75) is 97.5 Å². The smallest absolute Gasteiger partial charge is 0.246 e. The molecule has 1 saturated heterocycles. The lowest BCUT2D eigenvalue weighted by Gasteiger charge is -2.19. The average molecular weight is 804 g/mol. The van der Waals surface area contributed by atoms with Gasteiger partial charge in [0.05, 0.1) is 19.6 Å². The SMILES string of the molecule is COC(F)/C(C)=C(\C)CC[C@@H](C)NC(=O)COCNC(=O)CNC(=O)[C@H](Cc1ccccc1)NC(=O)CNC(=O)CNC(=O)CCCCCN1C(=O)CC(C)C1=O. The van der Waals surface area contributed by atoms with Crippen LogP contribution in [-0.2, 0) is 54.3 Å². The lowest BCUT2D eigenvalue weighted by atomic mass is 10.0. The van der Waals surface area contributed by atoms with E-state index in [4.69, 9.17) is 9.47 Å². The topological polar surface area (TPSA) is 230 Å². The predicted molar refractivity (Wildman–Crippen MR) is 206 cm³/mol. The fourth-order valence-electron chi connectivity index (χ4n) is 5.65. The van der Waals surface area contributed by atoms with Crippen LogP contribution in [0.5, 0.6) is 0 Å². The third kappa shape index (κ3) is 19.0. The summed E-state index contributed by atoms with van der Waals surface area (Å²) in [5.41, 5.74) is 2.05. The molecule has 0 radical (unpaired) electrons. The van der Waals surface area contributed by atoms with Crippen molar-refractivity contribution in [2.75, 3.05) is 46.6 Å². The van der Waals surface area contributed by atoms with E-state index in [1.807, 2.05) is 0 Å². The van der Waals surface area contributed by atoms with E-state index in [1.165, 1.54) is 12.0 Å². The molecule has 18 heteroatoms. The minimum Gasteiger partial charge on any atom is -0.352 e. The molecule has 1 heterocycles. The second-order valence-corrected chi connectivity index (χ2v) is 14.0. The van der Waals surface area contributed by atoms with Crippen LogP contribution in [0.25, 0.3) is 0 Å². The molecular formula is C39H58FN7O10. The van der Waals surface area contributed by atoms with E-state index >= 15 is 0 Å². The summed E-state index contributed by atoms with van der Waals surface area (Å²) in [6.07, 6.45) is 1.80. The molecule has 6 N–H and O–H groups in total. The largest absolute Gasteiger partial charge is 0.352 e. The van der Waals surface area contributed by atoms with Crippen LogP contribution in [0.15, 0.2) is 41.5 Å². The third-order valence-electron chi connectivity index (χ3n) is 9.19. The fourth-order valence-corrected chi connectivity index (χ4v) is 5.65. The molecular weight excluding hydrogens is 745 g/mol. The van der Waals surface area contributed by atoms with Gasteiger partial charge in [-0.2, -0.15) is 0 Å². The molecule has 1 aliphatic rings. The highest BCUT2D eigenvalue weighted by molar-refractivity contribution is 6.03. The number of likely N-dealkylation sites (tertiary alicyclic amines) is 1. The molecule has 2 unspecified atom stereocenters. The molecule has 2 rings (SSSR count). The number of amides is 8. The second kappa shape index (κ2) is 25.8. The van der Waals surface area contributed by atoms with Crippen LogP contribution in [0.1, 0.15) is 78.2 Å². The lowest BCUT2D eigenvalue weighted by Crippen LogP contribution is -2.52. The van der Waals surface area contributed by atoms with Gasteiger partial charge in [-0.3, -0.25) is 43.3 Å². The maximum Gasteiger partial charge on any atom is 0.246 e. The Hall–Kier alpha value is -5.23. The molecule has 0 bridgehead atoms. The van der Waals surface area contributed by atoms with Crippen LogP contribution in [0, 0.1) is 5.92 Å². The zero-order valence-corrected chi connectivity index (χ0v) is 33.5. The normalized spacial score (nSPS) is 15.8. The first-order valence-electron chi connectivity index (χ1n) is 19.1. The Morgan fingerprint density at radius 3 is 2.14 bits per heavy atom. The first-order valence-corrected chi connectivity index (χ1v) is 19.1. The number of imide groups is 1. The highest BCUT2D eigenvalue weighted by Gasteiger charge is 2.34. The van der Waals surface area contributed by atoms with Gasteiger partial charge in [-0.1, -0.05) is 49.2 Å². The molecule has 0 saturated carbocycles.